The molecule has 24 heavy (non-hydrogen) atoms. The number of hydrogen-bond donors (Lipinski definition) is 2. The van der Waals surface area contributed by atoms with Crippen molar-refractivity contribution >= 4 is 0 Å². The highest BCUT2D eigenvalue weighted by atomic mass is 16.3. The quantitative estimate of drug-likeness (QED) is 0.589. The maximum absolute atomic E-state index is 10.6. The molecular formula is C22H32O2. The fourth-order valence-electron chi connectivity index (χ4n) is 2.60. The summed E-state index contributed by atoms with van der Waals surface area (Å²) in [6.07, 6.45) is 9.79. The number of rotatable bonds is 7. The Morgan fingerprint density at radius 2 is 1.46 bits per heavy atom. The van der Waals surface area contributed by atoms with Crippen LogP contribution in [-0.2, 0) is 12.8 Å². The minimum Gasteiger partial charge on any atom is -0.508 e. The molecule has 0 aliphatic carbocycles. The fraction of sp³-hybridized carbons (Fsp3) is 0.455. The SMILES string of the molecule is CC(C)=CCCC(C)=CCc1c(C)cc(O)c(CC=C(C)C)c1O. The average Bonchev–Trinajstić information content (AvgIpc) is 2.45. The van der Waals surface area contributed by atoms with Crippen molar-refractivity contribution in [3.05, 3.63) is 57.7 Å². The molecule has 1 aromatic carbocycles. The van der Waals surface area contributed by atoms with E-state index in [1.807, 2.05) is 26.8 Å². The molecule has 0 aliphatic rings. The van der Waals surface area contributed by atoms with Gasteiger partial charge in [0.1, 0.15) is 11.5 Å². The second kappa shape index (κ2) is 9.36. The van der Waals surface area contributed by atoms with Crippen LogP contribution in [0.1, 0.15) is 64.2 Å². The molecule has 0 bridgehead atoms. The van der Waals surface area contributed by atoms with Gasteiger partial charge >= 0.3 is 0 Å². The Morgan fingerprint density at radius 3 is 2.04 bits per heavy atom. The van der Waals surface area contributed by atoms with Crippen molar-refractivity contribution in [2.75, 3.05) is 0 Å². The van der Waals surface area contributed by atoms with Gasteiger partial charge in [-0.1, -0.05) is 34.9 Å². The molecule has 1 aromatic rings. The van der Waals surface area contributed by atoms with E-state index in [2.05, 4.69) is 32.9 Å². The van der Waals surface area contributed by atoms with Crippen molar-refractivity contribution < 1.29 is 10.2 Å². The minimum absolute atomic E-state index is 0.176. The molecule has 2 nitrogen and oxygen atoms in total. The maximum atomic E-state index is 10.6. The van der Waals surface area contributed by atoms with Crippen molar-refractivity contribution in [3.63, 3.8) is 0 Å². The van der Waals surface area contributed by atoms with Crippen molar-refractivity contribution in [3.8, 4) is 11.5 Å². The number of allylic oxidation sites excluding steroid dienone is 6. The molecule has 0 radical (unpaired) electrons. The number of phenols is 2. The van der Waals surface area contributed by atoms with E-state index in [1.54, 1.807) is 6.07 Å². The Bertz CT molecular complexity index is 653. The van der Waals surface area contributed by atoms with Gasteiger partial charge < -0.3 is 10.2 Å². The van der Waals surface area contributed by atoms with E-state index < -0.39 is 0 Å². The van der Waals surface area contributed by atoms with Gasteiger partial charge in [-0.15, -0.1) is 0 Å². The molecule has 0 unspecified atom stereocenters. The lowest BCUT2D eigenvalue weighted by Gasteiger charge is -2.13. The third-order valence-corrected chi connectivity index (χ3v) is 4.17. The number of hydrogen-bond acceptors (Lipinski definition) is 2. The Balaban J connectivity index is 2.97. The molecule has 2 N–H and O–H groups in total. The van der Waals surface area contributed by atoms with Crippen molar-refractivity contribution in [1.29, 1.82) is 0 Å². The minimum atomic E-state index is 0.176. The van der Waals surface area contributed by atoms with Crippen LogP contribution in [0.2, 0.25) is 0 Å². The summed E-state index contributed by atoms with van der Waals surface area (Å²) in [6, 6.07) is 1.76. The van der Waals surface area contributed by atoms with Crippen molar-refractivity contribution in [2.45, 2.75) is 67.2 Å². The zero-order valence-electron chi connectivity index (χ0n) is 16.0. The van der Waals surface area contributed by atoms with Crippen LogP contribution in [0.3, 0.4) is 0 Å². The van der Waals surface area contributed by atoms with Gasteiger partial charge in [0.15, 0.2) is 0 Å². The molecule has 0 spiro atoms. The normalized spacial score (nSPS) is 11.3. The summed E-state index contributed by atoms with van der Waals surface area (Å²) in [7, 11) is 0. The third-order valence-electron chi connectivity index (χ3n) is 4.17. The van der Waals surface area contributed by atoms with E-state index in [-0.39, 0.29) is 11.5 Å². The highest BCUT2D eigenvalue weighted by Crippen LogP contribution is 2.35. The average molecular weight is 328 g/mol. The summed E-state index contributed by atoms with van der Waals surface area (Å²) in [5.41, 5.74) is 6.30. The monoisotopic (exact) mass is 328 g/mol. The van der Waals surface area contributed by atoms with E-state index in [4.69, 9.17) is 0 Å². The van der Waals surface area contributed by atoms with Crippen LogP contribution in [0.5, 0.6) is 11.5 Å². The third kappa shape index (κ3) is 6.27. The number of phenolic OH excluding ortho intramolecular Hbond substituents is 2. The molecule has 0 aromatic heterocycles. The standard InChI is InChI=1S/C22H32O2/c1-15(2)8-7-9-17(5)11-13-19-18(6)14-21(23)20(22(19)24)12-10-16(3)4/h8,10-11,14,23-24H,7,9,12-13H2,1-6H3. The summed E-state index contributed by atoms with van der Waals surface area (Å²) >= 11 is 0. The van der Waals surface area contributed by atoms with Gasteiger partial charge in [-0.2, -0.15) is 0 Å². The van der Waals surface area contributed by atoms with Gasteiger partial charge in [-0.05, 0) is 78.9 Å². The highest BCUT2D eigenvalue weighted by Gasteiger charge is 2.14. The zero-order chi connectivity index (χ0) is 18.3. The van der Waals surface area contributed by atoms with Crippen LogP contribution in [0.15, 0.2) is 41.0 Å². The van der Waals surface area contributed by atoms with Gasteiger partial charge in [-0.25, -0.2) is 0 Å². The molecular weight excluding hydrogens is 296 g/mol. The predicted molar refractivity (Wildman–Crippen MR) is 104 cm³/mol. The van der Waals surface area contributed by atoms with Crippen molar-refractivity contribution in [2.24, 2.45) is 0 Å². The largest absolute Gasteiger partial charge is 0.508 e. The molecule has 0 saturated carbocycles. The van der Waals surface area contributed by atoms with E-state index in [1.165, 1.54) is 16.7 Å². The number of aryl methyl sites for hydroxylation is 1. The Hall–Kier alpha value is -1.96. The van der Waals surface area contributed by atoms with Gasteiger partial charge in [0, 0.05) is 11.1 Å². The second-order valence-corrected chi connectivity index (χ2v) is 7.08. The molecule has 0 amide bonds. The van der Waals surface area contributed by atoms with Gasteiger partial charge in [-0.3, -0.25) is 0 Å². The highest BCUT2D eigenvalue weighted by molar-refractivity contribution is 5.54. The Labute approximate surface area is 147 Å². The first-order valence-electron chi connectivity index (χ1n) is 8.68. The fourth-order valence-corrected chi connectivity index (χ4v) is 2.60. The molecule has 2 heteroatoms. The van der Waals surface area contributed by atoms with Crippen LogP contribution in [-0.4, -0.2) is 10.2 Å². The van der Waals surface area contributed by atoms with Gasteiger partial charge in [0.05, 0.1) is 0 Å². The first kappa shape index (κ1) is 20.1. The molecule has 1 rings (SSSR count). The number of aromatic hydroxyl groups is 2. The summed E-state index contributed by atoms with van der Waals surface area (Å²) in [5, 5.41) is 20.7. The van der Waals surface area contributed by atoms with Crippen LogP contribution in [0.4, 0.5) is 0 Å². The topological polar surface area (TPSA) is 40.5 Å². The van der Waals surface area contributed by atoms with E-state index in [0.29, 0.717) is 18.4 Å². The maximum Gasteiger partial charge on any atom is 0.126 e. The molecule has 0 aliphatic heterocycles. The van der Waals surface area contributed by atoms with E-state index >= 15 is 0 Å². The molecule has 132 valence electrons. The first-order valence-corrected chi connectivity index (χ1v) is 8.68. The lowest BCUT2D eigenvalue weighted by atomic mass is 9.96. The zero-order valence-corrected chi connectivity index (χ0v) is 16.0. The molecule has 0 atom stereocenters. The van der Waals surface area contributed by atoms with Gasteiger partial charge in [0.2, 0.25) is 0 Å². The lowest BCUT2D eigenvalue weighted by Crippen LogP contribution is -1.95. The summed E-state index contributed by atoms with van der Waals surface area (Å²) in [5.74, 6) is 0.411. The molecule has 0 fully saturated rings. The van der Waals surface area contributed by atoms with E-state index in [9.17, 15) is 10.2 Å². The van der Waals surface area contributed by atoms with Crippen LogP contribution in [0, 0.1) is 6.92 Å². The molecule has 0 heterocycles. The molecule has 0 saturated heterocycles. The van der Waals surface area contributed by atoms with Crippen molar-refractivity contribution in [1.82, 2.24) is 0 Å². The predicted octanol–water partition coefficient (Wildman–Crippen LogP) is 6.15. The number of benzene rings is 1. The summed E-state index contributed by atoms with van der Waals surface area (Å²) in [6.45, 7) is 12.3. The van der Waals surface area contributed by atoms with Crippen LogP contribution >= 0.6 is 0 Å². The smallest absolute Gasteiger partial charge is 0.126 e. The Kier molecular flexibility index (Phi) is 7.84. The second-order valence-electron chi connectivity index (χ2n) is 7.08. The lowest BCUT2D eigenvalue weighted by molar-refractivity contribution is 0.436. The van der Waals surface area contributed by atoms with Gasteiger partial charge in [0.25, 0.3) is 0 Å². The summed E-state index contributed by atoms with van der Waals surface area (Å²) in [4.78, 5) is 0. The first-order chi connectivity index (χ1) is 11.2. The van der Waals surface area contributed by atoms with Crippen LogP contribution < -0.4 is 0 Å². The van der Waals surface area contributed by atoms with E-state index in [0.717, 1.165) is 24.0 Å². The summed E-state index contributed by atoms with van der Waals surface area (Å²) < 4.78 is 0. The Morgan fingerprint density at radius 1 is 0.875 bits per heavy atom. The van der Waals surface area contributed by atoms with Crippen LogP contribution in [0.25, 0.3) is 0 Å².